The molecule has 0 aliphatic carbocycles. The van der Waals surface area contributed by atoms with E-state index in [1.807, 2.05) is 12.1 Å². The molecule has 0 unspecified atom stereocenters. The lowest BCUT2D eigenvalue weighted by atomic mass is 10.1. The molecule has 0 fully saturated rings. The van der Waals surface area contributed by atoms with Gasteiger partial charge in [0, 0.05) is 17.1 Å². The molecule has 0 saturated carbocycles. The van der Waals surface area contributed by atoms with Crippen LogP contribution in [0.15, 0.2) is 30.5 Å². The predicted molar refractivity (Wildman–Crippen MR) is 61.5 cm³/mol. The molecule has 2 rings (SSSR count). The molecule has 0 radical (unpaired) electrons. The van der Waals surface area contributed by atoms with Gasteiger partial charge in [-0.2, -0.15) is 0 Å². The maximum absolute atomic E-state index is 10.8. The Labute approximate surface area is 93.1 Å². The SMILES string of the molecule is C#CCOc1cccc2c(C=O)ccnc12. The van der Waals surface area contributed by atoms with Gasteiger partial charge >= 0.3 is 0 Å². The lowest BCUT2D eigenvalue weighted by Gasteiger charge is -2.06. The first-order chi connectivity index (χ1) is 7.86. The molecular weight excluding hydrogens is 202 g/mol. The Morgan fingerprint density at radius 3 is 3.06 bits per heavy atom. The fourth-order valence-electron chi connectivity index (χ4n) is 1.51. The van der Waals surface area contributed by atoms with E-state index in [0.29, 0.717) is 16.8 Å². The van der Waals surface area contributed by atoms with Crippen LogP contribution in [0.4, 0.5) is 0 Å². The second kappa shape index (κ2) is 4.45. The molecule has 0 saturated heterocycles. The topological polar surface area (TPSA) is 39.2 Å². The van der Waals surface area contributed by atoms with Crippen molar-refractivity contribution in [2.45, 2.75) is 0 Å². The number of carbonyl (C=O) groups excluding carboxylic acids is 1. The summed E-state index contributed by atoms with van der Waals surface area (Å²) in [5, 5.41) is 0.770. The number of aldehydes is 1. The third-order valence-corrected chi connectivity index (χ3v) is 2.21. The highest BCUT2D eigenvalue weighted by molar-refractivity contribution is 5.98. The summed E-state index contributed by atoms with van der Waals surface area (Å²) < 4.78 is 5.35. The first-order valence-electron chi connectivity index (χ1n) is 4.76. The zero-order valence-electron chi connectivity index (χ0n) is 8.51. The summed E-state index contributed by atoms with van der Waals surface area (Å²) in [4.78, 5) is 15.0. The van der Waals surface area contributed by atoms with Crippen LogP contribution in [-0.2, 0) is 0 Å². The third kappa shape index (κ3) is 1.73. The zero-order valence-corrected chi connectivity index (χ0v) is 8.51. The molecule has 1 aromatic carbocycles. The average Bonchev–Trinajstić information content (AvgIpc) is 2.35. The Balaban J connectivity index is 2.60. The average molecular weight is 211 g/mol. The van der Waals surface area contributed by atoms with Gasteiger partial charge in [0.2, 0.25) is 0 Å². The van der Waals surface area contributed by atoms with Crippen molar-refractivity contribution in [3.05, 3.63) is 36.0 Å². The number of fused-ring (bicyclic) bond motifs is 1. The van der Waals surface area contributed by atoms with Gasteiger partial charge in [-0.15, -0.1) is 6.42 Å². The summed E-state index contributed by atoms with van der Waals surface area (Å²) >= 11 is 0. The monoisotopic (exact) mass is 211 g/mol. The van der Waals surface area contributed by atoms with E-state index < -0.39 is 0 Å². The van der Waals surface area contributed by atoms with Gasteiger partial charge in [0.15, 0.2) is 6.29 Å². The van der Waals surface area contributed by atoms with Crippen molar-refractivity contribution >= 4 is 17.2 Å². The van der Waals surface area contributed by atoms with Crippen LogP contribution in [0.5, 0.6) is 5.75 Å². The van der Waals surface area contributed by atoms with E-state index in [2.05, 4.69) is 10.9 Å². The first kappa shape index (κ1) is 10.2. The molecule has 2 aromatic rings. The smallest absolute Gasteiger partial charge is 0.150 e. The fraction of sp³-hybridized carbons (Fsp3) is 0.0769. The quantitative estimate of drug-likeness (QED) is 0.576. The number of para-hydroxylation sites is 1. The summed E-state index contributed by atoms with van der Waals surface area (Å²) in [5.41, 5.74) is 1.25. The molecule has 1 heterocycles. The van der Waals surface area contributed by atoms with Crippen LogP contribution in [-0.4, -0.2) is 17.9 Å². The Bertz CT molecular complexity index is 570. The minimum atomic E-state index is 0.187. The molecule has 0 bridgehead atoms. The van der Waals surface area contributed by atoms with Crippen molar-refractivity contribution in [2.75, 3.05) is 6.61 Å². The molecule has 3 nitrogen and oxygen atoms in total. The Morgan fingerprint density at radius 2 is 2.31 bits per heavy atom. The molecule has 0 atom stereocenters. The highest BCUT2D eigenvalue weighted by atomic mass is 16.5. The van der Waals surface area contributed by atoms with E-state index in [4.69, 9.17) is 11.2 Å². The normalized spacial score (nSPS) is 9.69. The number of hydrogen-bond acceptors (Lipinski definition) is 3. The predicted octanol–water partition coefficient (Wildman–Crippen LogP) is 2.06. The highest BCUT2D eigenvalue weighted by Crippen LogP contribution is 2.24. The van der Waals surface area contributed by atoms with Gasteiger partial charge in [-0.05, 0) is 12.1 Å². The van der Waals surface area contributed by atoms with E-state index in [1.165, 1.54) is 0 Å². The lowest BCUT2D eigenvalue weighted by molar-refractivity contribution is 0.112. The number of terminal acetylenes is 1. The van der Waals surface area contributed by atoms with E-state index >= 15 is 0 Å². The van der Waals surface area contributed by atoms with Gasteiger partial charge in [0.25, 0.3) is 0 Å². The Kier molecular flexibility index (Phi) is 2.84. The van der Waals surface area contributed by atoms with Crippen LogP contribution in [0.2, 0.25) is 0 Å². The summed E-state index contributed by atoms with van der Waals surface area (Å²) in [6, 6.07) is 7.08. The molecule has 3 heteroatoms. The maximum atomic E-state index is 10.8. The molecule has 0 N–H and O–H groups in total. The molecule has 1 aromatic heterocycles. The van der Waals surface area contributed by atoms with Gasteiger partial charge < -0.3 is 4.74 Å². The number of aromatic nitrogens is 1. The van der Waals surface area contributed by atoms with Gasteiger partial charge in [0.05, 0.1) is 0 Å². The van der Waals surface area contributed by atoms with E-state index in [0.717, 1.165) is 11.7 Å². The molecule has 0 aliphatic heterocycles. The number of rotatable bonds is 3. The number of benzene rings is 1. The summed E-state index contributed by atoms with van der Waals surface area (Å²) in [6.07, 6.45) is 7.50. The molecule has 16 heavy (non-hydrogen) atoms. The second-order valence-corrected chi connectivity index (χ2v) is 3.16. The summed E-state index contributed by atoms with van der Waals surface area (Å²) in [6.45, 7) is 0.187. The van der Waals surface area contributed by atoms with Crippen molar-refractivity contribution in [3.63, 3.8) is 0 Å². The van der Waals surface area contributed by atoms with Crippen LogP contribution in [0.25, 0.3) is 10.9 Å². The largest absolute Gasteiger partial charge is 0.479 e. The maximum Gasteiger partial charge on any atom is 0.150 e. The second-order valence-electron chi connectivity index (χ2n) is 3.16. The van der Waals surface area contributed by atoms with Crippen molar-refractivity contribution in [3.8, 4) is 18.1 Å². The first-order valence-corrected chi connectivity index (χ1v) is 4.76. The molecule has 0 aliphatic rings. The van der Waals surface area contributed by atoms with Crippen LogP contribution in [0.3, 0.4) is 0 Å². The zero-order chi connectivity index (χ0) is 11.4. The summed E-state index contributed by atoms with van der Waals surface area (Å²) in [5.74, 6) is 2.99. The minimum absolute atomic E-state index is 0.187. The van der Waals surface area contributed by atoms with Crippen molar-refractivity contribution in [1.29, 1.82) is 0 Å². The number of hydrogen-bond donors (Lipinski definition) is 0. The van der Waals surface area contributed by atoms with Crippen LogP contribution >= 0.6 is 0 Å². The molecule has 78 valence electrons. The van der Waals surface area contributed by atoms with Gasteiger partial charge in [-0.25, -0.2) is 0 Å². The fourth-order valence-corrected chi connectivity index (χ4v) is 1.51. The number of pyridine rings is 1. The highest BCUT2D eigenvalue weighted by Gasteiger charge is 2.05. The lowest BCUT2D eigenvalue weighted by Crippen LogP contribution is -1.96. The number of nitrogens with zero attached hydrogens (tertiary/aromatic N) is 1. The standard InChI is InChI=1S/C13H9NO2/c1-2-8-16-12-5-3-4-11-10(9-15)6-7-14-13(11)12/h1,3-7,9H,8H2. The summed E-state index contributed by atoms with van der Waals surface area (Å²) in [7, 11) is 0. The van der Waals surface area contributed by atoms with Crippen LogP contribution < -0.4 is 4.74 Å². The Hall–Kier alpha value is -2.34. The molecular formula is C13H9NO2. The van der Waals surface area contributed by atoms with Crippen LogP contribution in [0.1, 0.15) is 10.4 Å². The van der Waals surface area contributed by atoms with Gasteiger partial charge in [0.1, 0.15) is 17.9 Å². The number of ether oxygens (including phenoxy) is 1. The molecule has 0 spiro atoms. The minimum Gasteiger partial charge on any atom is -0.479 e. The van der Waals surface area contributed by atoms with Crippen molar-refractivity contribution in [1.82, 2.24) is 4.98 Å². The third-order valence-electron chi connectivity index (χ3n) is 2.21. The van der Waals surface area contributed by atoms with Crippen molar-refractivity contribution in [2.24, 2.45) is 0 Å². The van der Waals surface area contributed by atoms with E-state index in [-0.39, 0.29) is 6.61 Å². The van der Waals surface area contributed by atoms with E-state index in [1.54, 1.807) is 18.3 Å². The van der Waals surface area contributed by atoms with Crippen LogP contribution in [0, 0.1) is 12.3 Å². The Morgan fingerprint density at radius 1 is 1.44 bits per heavy atom. The van der Waals surface area contributed by atoms with Gasteiger partial charge in [-0.3, -0.25) is 9.78 Å². The van der Waals surface area contributed by atoms with Crippen molar-refractivity contribution < 1.29 is 9.53 Å². The van der Waals surface area contributed by atoms with Gasteiger partial charge in [-0.1, -0.05) is 18.1 Å². The number of carbonyl (C=O) groups is 1. The van der Waals surface area contributed by atoms with E-state index in [9.17, 15) is 4.79 Å². The molecule has 0 amide bonds.